The second-order valence-corrected chi connectivity index (χ2v) is 12.5. The lowest BCUT2D eigenvalue weighted by Gasteiger charge is -2.18. The fourth-order valence-electron chi connectivity index (χ4n) is 6.67. The van der Waals surface area contributed by atoms with Crippen molar-refractivity contribution >= 4 is 55.1 Å². The highest BCUT2D eigenvalue weighted by Crippen LogP contribution is 2.46. The highest BCUT2D eigenvalue weighted by atomic mass is 32.2. The van der Waals surface area contributed by atoms with Crippen LogP contribution >= 0.6 is 11.8 Å². The average molecular weight is 606 g/mol. The molecule has 0 aliphatic carbocycles. The normalized spacial score (nSPS) is 11.6. The highest BCUT2D eigenvalue weighted by molar-refractivity contribution is 7.99. The molecule has 46 heavy (non-hydrogen) atoms. The molecule has 0 amide bonds. The zero-order valence-electron chi connectivity index (χ0n) is 24.8. The standard InChI is InChI=1S/C42H27N3S/c1-2-13-30(14-3-1)45-39-20-9-8-19-38(39)44-42(45)29-21-23-31(24-22-29)46-41-35-17-7-6-16-34(35)40(37-27-43-26-25-36(37)41)33-18-10-12-28-11-4-5-15-32(28)33/h1-27H. The van der Waals surface area contributed by atoms with Gasteiger partial charge in [0.25, 0.3) is 0 Å². The van der Waals surface area contributed by atoms with Crippen molar-refractivity contribution in [3.05, 3.63) is 164 Å². The second kappa shape index (κ2) is 11.0. The van der Waals surface area contributed by atoms with Crippen LogP contribution in [0.2, 0.25) is 0 Å². The number of imidazole rings is 1. The van der Waals surface area contributed by atoms with E-state index in [4.69, 9.17) is 4.98 Å². The van der Waals surface area contributed by atoms with Gasteiger partial charge in [0.05, 0.1) is 11.0 Å². The smallest absolute Gasteiger partial charge is 0.145 e. The number of fused-ring (bicyclic) bond motifs is 4. The van der Waals surface area contributed by atoms with E-state index in [0.717, 1.165) is 33.5 Å². The summed E-state index contributed by atoms with van der Waals surface area (Å²) >= 11 is 1.81. The first-order valence-electron chi connectivity index (χ1n) is 15.4. The first-order valence-corrected chi connectivity index (χ1v) is 16.2. The monoisotopic (exact) mass is 605 g/mol. The van der Waals surface area contributed by atoms with Gasteiger partial charge in [0.2, 0.25) is 0 Å². The first-order chi connectivity index (χ1) is 22.8. The average Bonchev–Trinajstić information content (AvgIpc) is 3.52. The van der Waals surface area contributed by atoms with Gasteiger partial charge in [0, 0.05) is 38.8 Å². The lowest BCUT2D eigenvalue weighted by atomic mass is 9.90. The molecule has 0 radical (unpaired) electrons. The molecule has 0 unspecified atom stereocenters. The molecule has 0 aliphatic heterocycles. The summed E-state index contributed by atoms with van der Waals surface area (Å²) in [5, 5.41) is 7.32. The van der Waals surface area contributed by atoms with Crippen molar-refractivity contribution in [1.82, 2.24) is 14.5 Å². The molecule has 2 aromatic heterocycles. The van der Waals surface area contributed by atoms with Crippen molar-refractivity contribution in [3.8, 4) is 28.2 Å². The number of aromatic nitrogens is 3. The van der Waals surface area contributed by atoms with Crippen LogP contribution in [0, 0.1) is 0 Å². The van der Waals surface area contributed by atoms with Crippen LogP contribution in [0.4, 0.5) is 0 Å². The van der Waals surface area contributed by atoms with Crippen molar-refractivity contribution < 1.29 is 0 Å². The number of benzene rings is 7. The van der Waals surface area contributed by atoms with E-state index in [1.165, 1.54) is 47.8 Å². The molecule has 9 rings (SSSR count). The molecule has 0 saturated carbocycles. The van der Waals surface area contributed by atoms with Gasteiger partial charge in [0.1, 0.15) is 5.82 Å². The van der Waals surface area contributed by atoms with E-state index in [1.54, 1.807) is 0 Å². The maximum Gasteiger partial charge on any atom is 0.145 e. The van der Waals surface area contributed by atoms with Gasteiger partial charge in [-0.2, -0.15) is 0 Å². The SMILES string of the molecule is c1ccc(-n2c(-c3ccc(Sc4c5ccccc5c(-c5cccc6ccccc56)c5cnccc45)cc3)nc3ccccc32)cc1. The molecular formula is C42H27N3S. The number of pyridine rings is 1. The van der Waals surface area contributed by atoms with Crippen LogP contribution in [-0.2, 0) is 0 Å². The molecule has 0 bridgehead atoms. The Morgan fingerprint density at radius 3 is 2.09 bits per heavy atom. The predicted octanol–water partition coefficient (Wildman–Crippen LogP) is 11.4. The predicted molar refractivity (Wildman–Crippen MR) is 193 cm³/mol. The third-order valence-electron chi connectivity index (χ3n) is 8.74. The van der Waals surface area contributed by atoms with Gasteiger partial charge in [-0.15, -0.1) is 0 Å². The maximum absolute atomic E-state index is 5.06. The fraction of sp³-hybridized carbons (Fsp3) is 0. The first kappa shape index (κ1) is 26.7. The van der Waals surface area contributed by atoms with Gasteiger partial charge in [-0.05, 0) is 80.5 Å². The summed E-state index contributed by atoms with van der Waals surface area (Å²) < 4.78 is 2.25. The van der Waals surface area contributed by atoms with E-state index >= 15 is 0 Å². The van der Waals surface area contributed by atoms with Crippen molar-refractivity contribution in [1.29, 1.82) is 0 Å². The topological polar surface area (TPSA) is 30.7 Å². The molecule has 3 nitrogen and oxygen atoms in total. The van der Waals surface area contributed by atoms with E-state index in [-0.39, 0.29) is 0 Å². The number of rotatable bonds is 5. The molecule has 0 N–H and O–H groups in total. The van der Waals surface area contributed by atoms with Crippen LogP contribution in [0.5, 0.6) is 0 Å². The van der Waals surface area contributed by atoms with Gasteiger partial charge < -0.3 is 0 Å². The Morgan fingerprint density at radius 2 is 1.22 bits per heavy atom. The van der Waals surface area contributed by atoms with E-state index < -0.39 is 0 Å². The second-order valence-electron chi connectivity index (χ2n) is 11.4. The Morgan fingerprint density at radius 1 is 0.522 bits per heavy atom. The highest BCUT2D eigenvalue weighted by Gasteiger charge is 2.19. The van der Waals surface area contributed by atoms with Crippen molar-refractivity contribution in [2.24, 2.45) is 0 Å². The van der Waals surface area contributed by atoms with Crippen molar-refractivity contribution in [3.63, 3.8) is 0 Å². The molecule has 0 aliphatic rings. The van der Waals surface area contributed by atoms with E-state index in [9.17, 15) is 0 Å². The maximum atomic E-state index is 5.06. The summed E-state index contributed by atoms with van der Waals surface area (Å²) in [6.07, 6.45) is 3.94. The molecule has 216 valence electrons. The molecule has 0 fully saturated rings. The number of para-hydroxylation sites is 3. The van der Waals surface area contributed by atoms with E-state index in [2.05, 4.69) is 149 Å². The lowest BCUT2D eigenvalue weighted by Crippen LogP contribution is -1.97. The summed E-state index contributed by atoms with van der Waals surface area (Å²) in [5.74, 6) is 0.936. The van der Waals surface area contributed by atoms with Crippen LogP contribution in [0.1, 0.15) is 0 Å². The van der Waals surface area contributed by atoms with Gasteiger partial charge in [-0.25, -0.2) is 4.98 Å². The van der Waals surface area contributed by atoms with Crippen LogP contribution in [-0.4, -0.2) is 14.5 Å². The molecule has 0 spiro atoms. The lowest BCUT2D eigenvalue weighted by molar-refractivity contribution is 1.10. The largest absolute Gasteiger partial charge is 0.292 e. The molecule has 0 atom stereocenters. The quantitative estimate of drug-likeness (QED) is 0.183. The molecule has 9 aromatic rings. The van der Waals surface area contributed by atoms with Crippen LogP contribution < -0.4 is 0 Å². The molecule has 2 heterocycles. The minimum atomic E-state index is 0.936. The van der Waals surface area contributed by atoms with Crippen LogP contribution in [0.15, 0.2) is 174 Å². The molecule has 7 aromatic carbocycles. The van der Waals surface area contributed by atoms with Gasteiger partial charge in [0.15, 0.2) is 0 Å². The van der Waals surface area contributed by atoms with Crippen LogP contribution in [0.3, 0.4) is 0 Å². The molecular weight excluding hydrogens is 579 g/mol. The Balaban J connectivity index is 1.18. The van der Waals surface area contributed by atoms with Gasteiger partial charge in [-0.1, -0.05) is 121 Å². The van der Waals surface area contributed by atoms with Crippen LogP contribution in [0.25, 0.3) is 71.6 Å². The molecule has 4 heteroatoms. The summed E-state index contributed by atoms with van der Waals surface area (Å²) in [5.41, 5.74) is 6.72. The zero-order chi connectivity index (χ0) is 30.5. The van der Waals surface area contributed by atoms with Crippen molar-refractivity contribution in [2.45, 2.75) is 9.79 Å². The van der Waals surface area contributed by atoms with E-state index in [1.807, 2.05) is 36.3 Å². The van der Waals surface area contributed by atoms with E-state index in [0.29, 0.717) is 0 Å². The molecule has 0 saturated heterocycles. The van der Waals surface area contributed by atoms with Gasteiger partial charge in [-0.3, -0.25) is 9.55 Å². The Bertz CT molecular complexity index is 2490. The zero-order valence-corrected chi connectivity index (χ0v) is 25.7. The summed E-state index contributed by atoms with van der Waals surface area (Å²) in [7, 11) is 0. The van der Waals surface area contributed by atoms with Crippen molar-refractivity contribution in [2.75, 3.05) is 0 Å². The Labute approximate surface area is 270 Å². The number of nitrogens with zero attached hydrogens (tertiary/aromatic N) is 3. The third-order valence-corrected chi connectivity index (χ3v) is 9.89. The number of hydrogen-bond donors (Lipinski definition) is 0. The summed E-state index contributed by atoms with van der Waals surface area (Å²) in [4.78, 5) is 12.1. The number of hydrogen-bond acceptors (Lipinski definition) is 3. The minimum absolute atomic E-state index is 0.936. The summed E-state index contributed by atoms with van der Waals surface area (Å²) in [6, 6.07) is 53.8. The summed E-state index contributed by atoms with van der Waals surface area (Å²) in [6.45, 7) is 0. The minimum Gasteiger partial charge on any atom is -0.292 e. The Kier molecular flexibility index (Phi) is 6.39. The van der Waals surface area contributed by atoms with Gasteiger partial charge >= 0.3 is 0 Å². The Hall–Kier alpha value is -5.71. The third kappa shape index (κ3) is 4.38. The fourth-order valence-corrected chi connectivity index (χ4v) is 7.76.